The van der Waals surface area contributed by atoms with Gasteiger partial charge in [-0.25, -0.2) is 0 Å². The quantitative estimate of drug-likeness (QED) is 0.567. The van der Waals surface area contributed by atoms with Crippen molar-refractivity contribution >= 4 is 22.6 Å². The first-order chi connectivity index (χ1) is 17.0. The maximum atomic E-state index is 13.8. The first-order valence-electron chi connectivity index (χ1n) is 12.0. The second-order valence-electron chi connectivity index (χ2n) is 9.80. The molecule has 0 radical (unpaired) electrons. The van der Waals surface area contributed by atoms with Crippen LogP contribution in [0.1, 0.15) is 17.5 Å². The second-order valence-corrected chi connectivity index (χ2v) is 9.80. The number of ether oxygens (including phenoxy) is 1. The molecule has 3 aromatic rings. The summed E-state index contributed by atoms with van der Waals surface area (Å²) in [6, 6.07) is 15.4. The first-order valence-corrected chi connectivity index (χ1v) is 12.0. The third kappa shape index (κ3) is 3.52. The zero-order valence-corrected chi connectivity index (χ0v) is 19.6. The largest absolute Gasteiger partial charge is 0.496 e. The van der Waals surface area contributed by atoms with E-state index in [9.17, 15) is 14.7 Å². The third-order valence-corrected chi connectivity index (χ3v) is 7.65. The van der Waals surface area contributed by atoms with Crippen LogP contribution in [0.3, 0.4) is 0 Å². The minimum atomic E-state index is -0.791. The number of pyridine rings is 1. The van der Waals surface area contributed by atoms with Gasteiger partial charge in [0.2, 0.25) is 5.91 Å². The number of hydrogen-bond acceptors (Lipinski definition) is 7. The number of benzene rings is 2. The van der Waals surface area contributed by atoms with Crippen molar-refractivity contribution in [1.82, 2.24) is 19.7 Å². The van der Waals surface area contributed by atoms with Gasteiger partial charge in [-0.1, -0.05) is 36.4 Å². The van der Waals surface area contributed by atoms with Crippen LogP contribution in [0.25, 0.3) is 10.8 Å². The standard InChI is InChI=1S/C27H28N4O4/c1-35-24-9-8-19(21-6-2-3-7-22(21)24)14-29-16-27(17-29)26(34)30(13-18-5-4-10-28-12-18)25(33)23-11-20(32)15-31(23)27/h2-10,12,20,23,32H,11,13-17H2,1H3/t20-,23+/m1/s1. The van der Waals surface area contributed by atoms with Gasteiger partial charge in [0.05, 0.1) is 25.8 Å². The molecule has 8 nitrogen and oxygen atoms in total. The molecule has 0 unspecified atom stereocenters. The van der Waals surface area contributed by atoms with Crippen LogP contribution in [0.4, 0.5) is 0 Å². The lowest BCUT2D eigenvalue weighted by Gasteiger charge is -2.58. The minimum absolute atomic E-state index is 0.174. The Morgan fingerprint density at radius 3 is 2.60 bits per heavy atom. The van der Waals surface area contributed by atoms with Crippen molar-refractivity contribution in [2.24, 2.45) is 0 Å². The molecule has 0 saturated carbocycles. The SMILES string of the molecule is COc1ccc(CN2CC3(C2)C(=O)N(Cc2cccnc2)C(=O)[C@@H]2C[C@@H](O)CN23)c2ccccc12. The van der Waals surface area contributed by atoms with Crippen LogP contribution in [0.5, 0.6) is 5.75 Å². The lowest BCUT2D eigenvalue weighted by molar-refractivity contribution is -0.181. The maximum absolute atomic E-state index is 13.8. The molecular formula is C27H28N4O4. The Balaban J connectivity index is 1.27. The minimum Gasteiger partial charge on any atom is -0.496 e. The number of aliphatic hydroxyl groups excluding tert-OH is 1. The Bertz CT molecular complexity index is 1290. The zero-order chi connectivity index (χ0) is 24.2. The lowest BCUT2D eigenvalue weighted by Crippen LogP contribution is -2.81. The third-order valence-electron chi connectivity index (χ3n) is 7.65. The number of piperazine rings is 1. The van der Waals surface area contributed by atoms with Crippen molar-refractivity contribution in [2.45, 2.75) is 37.2 Å². The van der Waals surface area contributed by atoms with Gasteiger partial charge >= 0.3 is 0 Å². The number of fused-ring (bicyclic) bond motifs is 3. The van der Waals surface area contributed by atoms with E-state index in [-0.39, 0.29) is 18.4 Å². The van der Waals surface area contributed by atoms with Crippen LogP contribution in [-0.2, 0) is 22.7 Å². The summed E-state index contributed by atoms with van der Waals surface area (Å²) in [6.45, 7) is 2.29. The Morgan fingerprint density at radius 1 is 1.06 bits per heavy atom. The average Bonchev–Trinajstić information content (AvgIpc) is 3.25. The molecule has 3 saturated heterocycles. The first kappa shape index (κ1) is 22.2. The predicted molar refractivity (Wildman–Crippen MR) is 129 cm³/mol. The number of amides is 2. The molecule has 3 fully saturated rings. The van der Waals surface area contributed by atoms with Crippen LogP contribution in [0.2, 0.25) is 0 Å². The van der Waals surface area contributed by atoms with Crippen molar-refractivity contribution in [1.29, 1.82) is 0 Å². The second kappa shape index (κ2) is 8.41. The number of nitrogens with zero attached hydrogens (tertiary/aromatic N) is 4. The van der Waals surface area contributed by atoms with Gasteiger partial charge in [0.1, 0.15) is 11.3 Å². The molecule has 3 aliphatic heterocycles. The molecule has 0 aliphatic carbocycles. The van der Waals surface area contributed by atoms with Crippen LogP contribution in [-0.4, -0.2) is 81.0 Å². The van der Waals surface area contributed by atoms with Crippen molar-refractivity contribution in [3.05, 3.63) is 72.1 Å². The summed E-state index contributed by atoms with van der Waals surface area (Å²) < 4.78 is 5.53. The Labute approximate surface area is 203 Å². The Morgan fingerprint density at radius 2 is 1.86 bits per heavy atom. The molecule has 1 spiro atoms. The molecule has 1 aromatic heterocycles. The number of β-amino-alcohol motifs (C(OH)–C–C–N with tert-alkyl or cyclic N) is 1. The van der Waals surface area contributed by atoms with Crippen LogP contribution in [0, 0.1) is 0 Å². The van der Waals surface area contributed by atoms with Crippen LogP contribution >= 0.6 is 0 Å². The highest BCUT2D eigenvalue weighted by molar-refractivity contribution is 6.06. The number of hydrogen-bond donors (Lipinski definition) is 1. The number of aromatic nitrogens is 1. The highest BCUT2D eigenvalue weighted by Crippen LogP contribution is 2.42. The fourth-order valence-electron chi connectivity index (χ4n) is 6.01. The predicted octanol–water partition coefficient (Wildman–Crippen LogP) is 1.80. The average molecular weight is 473 g/mol. The summed E-state index contributed by atoms with van der Waals surface area (Å²) >= 11 is 0. The molecule has 1 N–H and O–H groups in total. The molecule has 6 rings (SSSR count). The number of carbonyl (C=O) groups excluding carboxylic acids is 2. The van der Waals surface area contributed by atoms with Crippen molar-refractivity contribution in [2.75, 3.05) is 26.7 Å². The summed E-state index contributed by atoms with van der Waals surface area (Å²) in [6.07, 6.45) is 3.12. The molecule has 180 valence electrons. The Hall–Kier alpha value is -3.33. The molecule has 2 amide bonds. The van der Waals surface area contributed by atoms with Gasteiger partial charge in [-0.15, -0.1) is 0 Å². The van der Waals surface area contributed by atoms with E-state index in [4.69, 9.17) is 4.74 Å². The summed E-state index contributed by atoms with van der Waals surface area (Å²) in [7, 11) is 1.68. The van der Waals surface area contributed by atoms with E-state index in [1.807, 2.05) is 29.2 Å². The maximum Gasteiger partial charge on any atom is 0.252 e. The number of aliphatic hydroxyl groups is 1. The van der Waals surface area contributed by atoms with E-state index in [1.165, 1.54) is 10.5 Å². The smallest absolute Gasteiger partial charge is 0.252 e. The summed E-state index contributed by atoms with van der Waals surface area (Å²) in [4.78, 5) is 36.8. The van der Waals surface area contributed by atoms with Gasteiger partial charge in [0, 0.05) is 44.0 Å². The molecule has 4 heterocycles. The van der Waals surface area contributed by atoms with Crippen LogP contribution < -0.4 is 4.74 Å². The fraction of sp³-hybridized carbons (Fsp3) is 0.370. The summed E-state index contributed by atoms with van der Waals surface area (Å²) in [5.41, 5.74) is 1.19. The Kier molecular flexibility index (Phi) is 5.32. The van der Waals surface area contributed by atoms with Crippen molar-refractivity contribution < 1.29 is 19.4 Å². The van der Waals surface area contributed by atoms with E-state index < -0.39 is 17.7 Å². The molecule has 0 bridgehead atoms. The van der Waals surface area contributed by atoms with Crippen LogP contribution in [0.15, 0.2) is 60.9 Å². The van der Waals surface area contributed by atoms with Gasteiger partial charge in [0.15, 0.2) is 0 Å². The monoisotopic (exact) mass is 472 g/mol. The number of imide groups is 1. The zero-order valence-electron chi connectivity index (χ0n) is 19.6. The molecule has 8 heteroatoms. The number of methoxy groups -OCH3 is 1. The highest BCUT2D eigenvalue weighted by atomic mass is 16.5. The van der Waals surface area contributed by atoms with Crippen molar-refractivity contribution in [3.63, 3.8) is 0 Å². The van der Waals surface area contributed by atoms with E-state index in [0.717, 1.165) is 22.1 Å². The summed E-state index contributed by atoms with van der Waals surface area (Å²) in [5, 5.41) is 12.6. The van der Waals surface area contributed by atoms with E-state index in [0.29, 0.717) is 32.6 Å². The molecule has 35 heavy (non-hydrogen) atoms. The number of rotatable bonds is 5. The lowest BCUT2D eigenvalue weighted by atomic mass is 9.82. The highest BCUT2D eigenvalue weighted by Gasteiger charge is 2.64. The molecule has 2 atom stereocenters. The molecule has 3 aliphatic rings. The fourth-order valence-corrected chi connectivity index (χ4v) is 6.01. The van der Waals surface area contributed by atoms with Gasteiger partial charge in [-0.2, -0.15) is 0 Å². The number of carbonyl (C=O) groups is 2. The summed E-state index contributed by atoms with van der Waals surface area (Å²) in [5.74, 6) is 0.443. The topological polar surface area (TPSA) is 86.2 Å². The van der Waals surface area contributed by atoms with Gasteiger partial charge in [0.25, 0.3) is 5.91 Å². The molecular weight excluding hydrogens is 444 g/mol. The van der Waals surface area contributed by atoms with E-state index >= 15 is 0 Å². The number of likely N-dealkylation sites (tertiary alicyclic amines) is 1. The van der Waals surface area contributed by atoms with Gasteiger partial charge in [-0.3, -0.25) is 29.3 Å². The molecule has 2 aromatic carbocycles. The van der Waals surface area contributed by atoms with E-state index in [1.54, 1.807) is 25.6 Å². The van der Waals surface area contributed by atoms with Crippen molar-refractivity contribution in [3.8, 4) is 5.75 Å². The van der Waals surface area contributed by atoms with Gasteiger partial charge < -0.3 is 9.84 Å². The van der Waals surface area contributed by atoms with Gasteiger partial charge in [-0.05, 0) is 35.1 Å². The van der Waals surface area contributed by atoms with E-state index in [2.05, 4.69) is 28.1 Å². The normalized spacial score (nSPS) is 24.1.